The van der Waals surface area contributed by atoms with E-state index in [9.17, 15) is 4.79 Å². The van der Waals surface area contributed by atoms with E-state index in [2.05, 4.69) is 4.98 Å². The van der Waals surface area contributed by atoms with Crippen LogP contribution in [0.1, 0.15) is 42.6 Å². The molecule has 0 radical (unpaired) electrons. The molecule has 0 spiro atoms. The van der Waals surface area contributed by atoms with Gasteiger partial charge in [0.05, 0.1) is 5.52 Å². The molecule has 0 amide bonds. The number of para-hydroxylation sites is 1. The third-order valence-electron chi connectivity index (χ3n) is 5.22. The van der Waals surface area contributed by atoms with Crippen molar-refractivity contribution in [3.63, 3.8) is 0 Å². The lowest BCUT2D eigenvalue weighted by molar-refractivity contribution is 0.0939. The number of Topliss-reactive ketones (excluding diaryl/α,β-unsaturated/α-hetero) is 1. The van der Waals surface area contributed by atoms with Gasteiger partial charge in [0.1, 0.15) is 5.69 Å². The molecule has 2 heteroatoms. The molecule has 102 valence electrons. The average molecular weight is 265 g/mol. The Balaban J connectivity index is 1.54. The molecule has 2 fully saturated rings. The van der Waals surface area contributed by atoms with Gasteiger partial charge in [-0.15, -0.1) is 0 Å². The van der Waals surface area contributed by atoms with E-state index in [4.69, 9.17) is 0 Å². The molecule has 4 rings (SSSR count). The first-order valence-electron chi connectivity index (χ1n) is 7.68. The summed E-state index contributed by atoms with van der Waals surface area (Å²) in [5.74, 6) is 2.56. The molecular weight excluding hydrogens is 246 g/mol. The highest BCUT2D eigenvalue weighted by molar-refractivity contribution is 5.96. The molecule has 2 aromatic rings. The fourth-order valence-corrected chi connectivity index (χ4v) is 4.19. The van der Waals surface area contributed by atoms with Crippen molar-refractivity contribution in [2.75, 3.05) is 0 Å². The molecule has 2 aliphatic rings. The molecule has 3 unspecified atom stereocenters. The minimum Gasteiger partial charge on any atom is -0.292 e. The van der Waals surface area contributed by atoms with Gasteiger partial charge >= 0.3 is 0 Å². The third kappa shape index (κ3) is 2.04. The fraction of sp³-hybridized carbons (Fsp3) is 0.444. The highest BCUT2D eigenvalue weighted by Crippen LogP contribution is 2.49. The zero-order valence-corrected chi connectivity index (χ0v) is 11.6. The molecule has 0 aliphatic heterocycles. The fourth-order valence-electron chi connectivity index (χ4n) is 4.19. The van der Waals surface area contributed by atoms with Gasteiger partial charge in [0, 0.05) is 11.8 Å². The second-order valence-corrected chi connectivity index (χ2v) is 6.45. The zero-order chi connectivity index (χ0) is 13.5. The number of carbonyl (C=O) groups is 1. The maximum Gasteiger partial charge on any atom is 0.181 e. The second-order valence-electron chi connectivity index (χ2n) is 6.45. The van der Waals surface area contributed by atoms with Crippen molar-refractivity contribution in [1.29, 1.82) is 0 Å². The van der Waals surface area contributed by atoms with Crippen LogP contribution in [0.5, 0.6) is 0 Å². The predicted molar refractivity (Wildman–Crippen MR) is 79.6 cm³/mol. The molecule has 3 atom stereocenters. The number of aromatic nitrogens is 1. The van der Waals surface area contributed by atoms with E-state index in [1.54, 1.807) is 0 Å². The normalized spacial score (nSPS) is 28.1. The lowest BCUT2D eigenvalue weighted by atomic mass is 9.85. The van der Waals surface area contributed by atoms with Gasteiger partial charge in [-0.2, -0.15) is 0 Å². The number of fused-ring (bicyclic) bond motifs is 3. The number of rotatable bonds is 3. The van der Waals surface area contributed by atoms with Gasteiger partial charge in [0.2, 0.25) is 0 Å². The van der Waals surface area contributed by atoms with Crippen LogP contribution in [0.2, 0.25) is 0 Å². The van der Waals surface area contributed by atoms with Crippen LogP contribution in [0.15, 0.2) is 36.4 Å². The van der Waals surface area contributed by atoms with Crippen molar-refractivity contribution in [3.05, 3.63) is 42.1 Å². The van der Waals surface area contributed by atoms with Gasteiger partial charge in [-0.05, 0) is 49.1 Å². The lowest BCUT2D eigenvalue weighted by Crippen LogP contribution is -2.16. The molecule has 1 heterocycles. The maximum absolute atomic E-state index is 12.5. The predicted octanol–water partition coefficient (Wildman–Crippen LogP) is 4.24. The van der Waals surface area contributed by atoms with Gasteiger partial charge in [-0.25, -0.2) is 4.98 Å². The highest BCUT2D eigenvalue weighted by Gasteiger charge is 2.40. The van der Waals surface area contributed by atoms with Crippen molar-refractivity contribution in [3.8, 4) is 0 Å². The first kappa shape index (κ1) is 12.1. The van der Waals surface area contributed by atoms with Crippen LogP contribution in [0.25, 0.3) is 10.9 Å². The molecule has 20 heavy (non-hydrogen) atoms. The number of ketones is 1. The maximum atomic E-state index is 12.5. The summed E-state index contributed by atoms with van der Waals surface area (Å²) in [6, 6.07) is 11.9. The van der Waals surface area contributed by atoms with Crippen LogP contribution in [0.3, 0.4) is 0 Å². The topological polar surface area (TPSA) is 30.0 Å². The quantitative estimate of drug-likeness (QED) is 0.777. The van der Waals surface area contributed by atoms with Gasteiger partial charge in [0.25, 0.3) is 0 Å². The lowest BCUT2D eigenvalue weighted by Gasteiger charge is -2.20. The summed E-state index contributed by atoms with van der Waals surface area (Å²) in [7, 11) is 0. The Morgan fingerprint density at radius 1 is 1.10 bits per heavy atom. The minimum atomic E-state index is 0.230. The van der Waals surface area contributed by atoms with E-state index in [0.717, 1.165) is 22.7 Å². The molecule has 2 saturated carbocycles. The standard InChI is InChI=1S/C18H19NO/c20-18(11-15-10-12-5-6-14(15)9-12)17-8-7-13-3-1-2-4-16(13)19-17/h1-4,7-8,12,14-15H,5-6,9-11H2. The molecule has 2 aliphatic carbocycles. The second kappa shape index (κ2) is 4.69. The third-order valence-corrected chi connectivity index (χ3v) is 5.22. The van der Waals surface area contributed by atoms with E-state index in [0.29, 0.717) is 18.0 Å². The summed E-state index contributed by atoms with van der Waals surface area (Å²) in [5, 5.41) is 1.10. The van der Waals surface area contributed by atoms with Crippen LogP contribution < -0.4 is 0 Å². The summed E-state index contributed by atoms with van der Waals surface area (Å²) in [4.78, 5) is 17.0. The van der Waals surface area contributed by atoms with E-state index in [1.807, 2.05) is 36.4 Å². The van der Waals surface area contributed by atoms with Crippen LogP contribution in [0, 0.1) is 17.8 Å². The Labute approximate surface area is 119 Å². The molecule has 1 aromatic heterocycles. The van der Waals surface area contributed by atoms with Crippen molar-refractivity contribution in [1.82, 2.24) is 4.98 Å². The minimum absolute atomic E-state index is 0.230. The van der Waals surface area contributed by atoms with Gasteiger partial charge in [-0.1, -0.05) is 30.7 Å². The SMILES string of the molecule is O=C(CC1CC2CCC1C2)c1ccc2ccccc2n1. The number of benzene rings is 1. The molecular formula is C18H19NO. The summed E-state index contributed by atoms with van der Waals surface area (Å²) in [6.07, 6.45) is 6.07. The van der Waals surface area contributed by atoms with E-state index in [-0.39, 0.29) is 5.78 Å². The summed E-state index contributed by atoms with van der Waals surface area (Å²) >= 11 is 0. The van der Waals surface area contributed by atoms with Crippen molar-refractivity contribution in [2.24, 2.45) is 17.8 Å². The van der Waals surface area contributed by atoms with Crippen molar-refractivity contribution in [2.45, 2.75) is 32.1 Å². The molecule has 0 saturated heterocycles. The Morgan fingerprint density at radius 2 is 2.00 bits per heavy atom. The first-order chi connectivity index (χ1) is 9.79. The number of pyridine rings is 1. The average Bonchev–Trinajstić information content (AvgIpc) is 3.09. The van der Waals surface area contributed by atoms with Crippen molar-refractivity contribution >= 4 is 16.7 Å². The summed E-state index contributed by atoms with van der Waals surface area (Å²) in [5.41, 5.74) is 1.57. The van der Waals surface area contributed by atoms with Crippen LogP contribution in [0.4, 0.5) is 0 Å². The van der Waals surface area contributed by atoms with Gasteiger partial charge in [-0.3, -0.25) is 4.79 Å². The Kier molecular flexibility index (Phi) is 2.83. The highest BCUT2D eigenvalue weighted by atomic mass is 16.1. The van der Waals surface area contributed by atoms with Gasteiger partial charge in [0.15, 0.2) is 5.78 Å². The van der Waals surface area contributed by atoms with Gasteiger partial charge < -0.3 is 0 Å². The number of hydrogen-bond acceptors (Lipinski definition) is 2. The Hall–Kier alpha value is -1.70. The van der Waals surface area contributed by atoms with Crippen molar-refractivity contribution < 1.29 is 4.79 Å². The summed E-state index contributed by atoms with van der Waals surface area (Å²) in [6.45, 7) is 0. The van der Waals surface area contributed by atoms with Crippen LogP contribution >= 0.6 is 0 Å². The molecule has 2 bridgehead atoms. The molecule has 2 nitrogen and oxygen atoms in total. The molecule has 0 N–H and O–H groups in total. The van der Waals surface area contributed by atoms with E-state index >= 15 is 0 Å². The summed E-state index contributed by atoms with van der Waals surface area (Å²) < 4.78 is 0. The van der Waals surface area contributed by atoms with E-state index < -0.39 is 0 Å². The largest absolute Gasteiger partial charge is 0.292 e. The first-order valence-corrected chi connectivity index (χ1v) is 7.68. The Bertz CT molecular complexity index is 663. The zero-order valence-electron chi connectivity index (χ0n) is 11.6. The number of nitrogens with zero attached hydrogens (tertiary/aromatic N) is 1. The number of carbonyl (C=O) groups excluding carboxylic acids is 1. The number of hydrogen-bond donors (Lipinski definition) is 0. The Morgan fingerprint density at radius 3 is 2.80 bits per heavy atom. The monoisotopic (exact) mass is 265 g/mol. The molecule has 1 aromatic carbocycles. The van der Waals surface area contributed by atoms with Crippen LogP contribution in [-0.4, -0.2) is 10.8 Å². The van der Waals surface area contributed by atoms with Crippen LogP contribution in [-0.2, 0) is 0 Å². The van der Waals surface area contributed by atoms with E-state index in [1.165, 1.54) is 25.7 Å². The smallest absolute Gasteiger partial charge is 0.181 e.